The summed E-state index contributed by atoms with van der Waals surface area (Å²) in [5, 5.41) is 7.42. The topological polar surface area (TPSA) is 3.24 Å². The zero-order chi connectivity index (χ0) is 44.8. The van der Waals surface area contributed by atoms with Crippen LogP contribution in [-0.2, 0) is 5.41 Å². The summed E-state index contributed by atoms with van der Waals surface area (Å²) in [4.78, 5) is 2.44. The lowest BCUT2D eigenvalue weighted by molar-refractivity contribution is 0.794. The highest BCUT2D eigenvalue weighted by Crippen LogP contribution is 2.63. The van der Waals surface area contributed by atoms with Gasteiger partial charge in [-0.15, -0.1) is 0 Å². The maximum Gasteiger partial charge on any atom is 0.0725 e. The Balaban J connectivity index is 0.905. The average molecular weight is 862 g/mol. The second-order valence-electron chi connectivity index (χ2n) is 18.3. The van der Waals surface area contributed by atoms with E-state index in [1.165, 1.54) is 110 Å². The largest absolute Gasteiger partial charge is 0.310 e. The molecule has 0 amide bonds. The fraction of sp³-hybridized carbons (Fsp3) is 0.0149. The number of nitrogens with zero attached hydrogens (tertiary/aromatic N) is 1. The first-order valence-corrected chi connectivity index (χ1v) is 23.7. The van der Waals surface area contributed by atoms with E-state index < -0.39 is 0 Å². The van der Waals surface area contributed by atoms with Crippen molar-refractivity contribution >= 4 is 49.4 Å². The van der Waals surface area contributed by atoms with Crippen molar-refractivity contribution in [2.75, 3.05) is 4.90 Å². The van der Waals surface area contributed by atoms with Gasteiger partial charge in [0, 0.05) is 16.8 Å². The molecule has 0 unspecified atom stereocenters. The van der Waals surface area contributed by atoms with Crippen molar-refractivity contribution in [3.05, 3.63) is 283 Å². The Bertz CT molecular complexity index is 3910. The van der Waals surface area contributed by atoms with E-state index in [-0.39, 0.29) is 5.41 Å². The van der Waals surface area contributed by atoms with Crippen LogP contribution in [-0.4, -0.2) is 0 Å². The summed E-state index contributed by atoms with van der Waals surface area (Å²) < 4.78 is 0. The van der Waals surface area contributed by atoms with Gasteiger partial charge in [0.1, 0.15) is 0 Å². The predicted octanol–water partition coefficient (Wildman–Crippen LogP) is 18.0. The van der Waals surface area contributed by atoms with Crippen LogP contribution in [0.15, 0.2) is 261 Å². The molecule has 0 saturated carbocycles. The van der Waals surface area contributed by atoms with E-state index in [1.807, 2.05) is 0 Å². The van der Waals surface area contributed by atoms with E-state index in [0.717, 1.165) is 17.1 Å². The highest BCUT2D eigenvalue weighted by Gasteiger charge is 2.51. The van der Waals surface area contributed by atoms with Crippen molar-refractivity contribution in [3.63, 3.8) is 0 Å². The number of fused-ring (bicyclic) bond motifs is 14. The van der Waals surface area contributed by atoms with Gasteiger partial charge >= 0.3 is 0 Å². The molecule has 12 aromatic carbocycles. The Morgan fingerprint density at radius 1 is 0.250 bits per heavy atom. The maximum atomic E-state index is 2.44. The van der Waals surface area contributed by atoms with Crippen LogP contribution in [0, 0.1) is 0 Å². The van der Waals surface area contributed by atoms with Crippen LogP contribution in [0.25, 0.3) is 88.0 Å². The lowest BCUT2D eigenvalue weighted by Crippen LogP contribution is -2.25. The van der Waals surface area contributed by atoms with Gasteiger partial charge in [-0.3, -0.25) is 0 Å². The first-order valence-electron chi connectivity index (χ1n) is 23.7. The summed E-state index contributed by atoms with van der Waals surface area (Å²) in [6, 6.07) is 96.7. The SMILES string of the molecule is c1ccc(-c2c(-c3ccc(N(c4ccc(-c5ccc6c(c5)-c5ccccc5C65c6ccccc6-c6ccccc65)cc4)c4cc5ccccc5c5ccccc45)cc3)ccc3ccccc23)cc1. The third-order valence-electron chi connectivity index (χ3n) is 14.9. The van der Waals surface area contributed by atoms with Gasteiger partial charge in [-0.05, 0) is 141 Å². The molecule has 1 nitrogen and oxygen atoms in total. The van der Waals surface area contributed by atoms with Crippen molar-refractivity contribution in [1.82, 2.24) is 0 Å². The molecule has 0 bridgehead atoms. The number of hydrogen-bond donors (Lipinski definition) is 0. The van der Waals surface area contributed by atoms with Crippen molar-refractivity contribution in [1.29, 1.82) is 0 Å². The zero-order valence-electron chi connectivity index (χ0n) is 37.3. The Morgan fingerprint density at radius 2 is 0.735 bits per heavy atom. The van der Waals surface area contributed by atoms with Gasteiger partial charge in [0.25, 0.3) is 0 Å². The van der Waals surface area contributed by atoms with Crippen LogP contribution in [0.1, 0.15) is 22.3 Å². The number of anilines is 3. The zero-order valence-corrected chi connectivity index (χ0v) is 37.3. The van der Waals surface area contributed by atoms with Crippen LogP contribution in [0.2, 0.25) is 0 Å². The molecule has 0 saturated heterocycles. The number of rotatable bonds is 6. The first kappa shape index (κ1) is 38.5. The van der Waals surface area contributed by atoms with E-state index >= 15 is 0 Å². The van der Waals surface area contributed by atoms with E-state index in [0.29, 0.717) is 0 Å². The molecule has 0 radical (unpaired) electrons. The summed E-state index contributed by atoms with van der Waals surface area (Å²) in [6.45, 7) is 0. The molecule has 1 heteroatoms. The summed E-state index contributed by atoms with van der Waals surface area (Å²) >= 11 is 0. The van der Waals surface area contributed by atoms with Gasteiger partial charge in [-0.2, -0.15) is 0 Å². The summed E-state index contributed by atoms with van der Waals surface area (Å²) in [5.41, 5.74) is 21.0. The molecule has 68 heavy (non-hydrogen) atoms. The first-order chi connectivity index (χ1) is 33.7. The summed E-state index contributed by atoms with van der Waals surface area (Å²) in [5.74, 6) is 0. The van der Waals surface area contributed by atoms with Gasteiger partial charge in [-0.1, -0.05) is 224 Å². The van der Waals surface area contributed by atoms with Crippen molar-refractivity contribution in [2.24, 2.45) is 0 Å². The van der Waals surface area contributed by atoms with E-state index in [9.17, 15) is 0 Å². The smallest absolute Gasteiger partial charge is 0.0725 e. The lowest BCUT2D eigenvalue weighted by Gasteiger charge is -2.30. The molecular formula is C67H43N. The molecule has 2 aliphatic carbocycles. The van der Waals surface area contributed by atoms with Crippen LogP contribution in [0.5, 0.6) is 0 Å². The van der Waals surface area contributed by atoms with Crippen LogP contribution < -0.4 is 4.90 Å². The highest BCUT2D eigenvalue weighted by molar-refractivity contribution is 6.15. The minimum atomic E-state index is -0.350. The average Bonchev–Trinajstić information content (AvgIpc) is 3.88. The van der Waals surface area contributed by atoms with Crippen molar-refractivity contribution in [2.45, 2.75) is 5.41 Å². The fourth-order valence-electron chi connectivity index (χ4n) is 11.9. The van der Waals surface area contributed by atoms with Gasteiger partial charge in [-0.25, -0.2) is 0 Å². The molecule has 12 aromatic rings. The minimum Gasteiger partial charge on any atom is -0.310 e. The Morgan fingerprint density at radius 3 is 1.40 bits per heavy atom. The Labute approximate surface area is 396 Å². The van der Waals surface area contributed by atoms with Gasteiger partial charge in [0.05, 0.1) is 11.1 Å². The highest BCUT2D eigenvalue weighted by atomic mass is 15.1. The molecule has 14 rings (SSSR count). The van der Waals surface area contributed by atoms with E-state index in [4.69, 9.17) is 0 Å². The second-order valence-corrected chi connectivity index (χ2v) is 18.3. The van der Waals surface area contributed by atoms with Gasteiger partial charge in [0.2, 0.25) is 0 Å². The van der Waals surface area contributed by atoms with Crippen molar-refractivity contribution < 1.29 is 0 Å². The molecular weight excluding hydrogens is 819 g/mol. The summed E-state index contributed by atoms with van der Waals surface area (Å²) in [7, 11) is 0. The van der Waals surface area contributed by atoms with E-state index in [2.05, 4.69) is 266 Å². The fourth-order valence-corrected chi connectivity index (χ4v) is 11.9. The lowest BCUT2D eigenvalue weighted by atomic mass is 9.70. The standard InChI is InChI=1S/C67H43N/c1-2-17-47(18-3-1)66-53-21-7-4-16-45(53)34-40-54(66)46-32-38-51(39-33-46)68(65-43-49-19-5-6-20-52(49)55-22-8-9-26-59(55)65)50-36-30-44(31-37-50)48-35-41-64-60(42-48)58-25-12-15-29-63(58)67(64)61-27-13-10-23-56(61)57-24-11-14-28-62(57)67/h1-43H. The molecule has 0 aliphatic heterocycles. The van der Waals surface area contributed by atoms with Crippen LogP contribution in [0.3, 0.4) is 0 Å². The molecule has 0 fully saturated rings. The third-order valence-corrected chi connectivity index (χ3v) is 14.9. The molecule has 0 aromatic heterocycles. The minimum absolute atomic E-state index is 0.350. The van der Waals surface area contributed by atoms with Gasteiger partial charge in [0.15, 0.2) is 0 Å². The molecule has 0 atom stereocenters. The maximum absolute atomic E-state index is 2.44. The number of benzene rings is 12. The number of hydrogen-bond acceptors (Lipinski definition) is 1. The quantitative estimate of drug-likeness (QED) is 0.151. The second kappa shape index (κ2) is 15.1. The Kier molecular flexibility index (Phi) is 8.57. The predicted molar refractivity (Wildman–Crippen MR) is 286 cm³/mol. The van der Waals surface area contributed by atoms with Crippen LogP contribution >= 0.6 is 0 Å². The molecule has 0 heterocycles. The molecule has 2 aliphatic rings. The Hall–Kier alpha value is -8.78. The summed E-state index contributed by atoms with van der Waals surface area (Å²) in [6.07, 6.45) is 0. The molecule has 316 valence electrons. The van der Waals surface area contributed by atoms with Gasteiger partial charge < -0.3 is 4.90 Å². The molecule has 0 N–H and O–H groups in total. The monoisotopic (exact) mass is 861 g/mol. The normalized spacial score (nSPS) is 12.8. The van der Waals surface area contributed by atoms with Crippen LogP contribution in [0.4, 0.5) is 17.1 Å². The third kappa shape index (κ3) is 5.63. The van der Waals surface area contributed by atoms with E-state index in [1.54, 1.807) is 0 Å². The molecule has 1 spiro atoms. The van der Waals surface area contributed by atoms with Crippen molar-refractivity contribution in [3.8, 4) is 55.6 Å².